The Kier molecular flexibility index (Phi) is 3.51. The highest BCUT2D eigenvalue weighted by Gasteiger charge is 2.33. The lowest BCUT2D eigenvalue weighted by atomic mass is 9.89. The zero-order chi connectivity index (χ0) is 13.4. The van der Waals surface area contributed by atoms with Crippen LogP contribution in [0.3, 0.4) is 0 Å². The third-order valence-electron chi connectivity index (χ3n) is 5.05. The lowest BCUT2D eigenvalue weighted by Gasteiger charge is -2.28. The molecule has 4 heteroatoms. The van der Waals surface area contributed by atoms with Gasteiger partial charge in [-0.2, -0.15) is 4.98 Å². The van der Waals surface area contributed by atoms with Crippen molar-refractivity contribution in [2.24, 2.45) is 5.92 Å². The molecule has 0 saturated heterocycles. The van der Waals surface area contributed by atoms with Crippen molar-refractivity contribution in [1.29, 1.82) is 0 Å². The molecular weight excluding hydrogens is 250 g/mol. The first-order valence-corrected chi connectivity index (χ1v) is 8.45. The van der Waals surface area contributed by atoms with E-state index < -0.39 is 0 Å². The van der Waals surface area contributed by atoms with Crippen molar-refractivity contribution in [2.75, 3.05) is 6.54 Å². The van der Waals surface area contributed by atoms with Gasteiger partial charge in [-0.25, -0.2) is 0 Å². The Labute approximate surface area is 120 Å². The molecule has 0 aliphatic heterocycles. The lowest BCUT2D eigenvalue weighted by Crippen LogP contribution is -2.32. The van der Waals surface area contributed by atoms with Crippen LogP contribution in [0.25, 0.3) is 0 Å². The van der Waals surface area contributed by atoms with E-state index in [4.69, 9.17) is 4.52 Å². The summed E-state index contributed by atoms with van der Waals surface area (Å²) in [6.07, 6.45) is 12.3. The summed E-state index contributed by atoms with van der Waals surface area (Å²) in [6, 6.07) is 0.785. The molecule has 0 radical (unpaired) electrons. The van der Waals surface area contributed by atoms with Crippen molar-refractivity contribution in [3.8, 4) is 0 Å². The van der Waals surface area contributed by atoms with Crippen LogP contribution < -0.4 is 0 Å². The summed E-state index contributed by atoms with van der Waals surface area (Å²) in [7, 11) is 0. The number of hydrogen-bond acceptors (Lipinski definition) is 4. The van der Waals surface area contributed by atoms with Gasteiger partial charge in [0.25, 0.3) is 0 Å². The van der Waals surface area contributed by atoms with Crippen LogP contribution in [0, 0.1) is 5.92 Å². The summed E-state index contributed by atoms with van der Waals surface area (Å²) in [5, 5.41) is 4.15. The second-order valence-electron chi connectivity index (χ2n) is 6.99. The minimum absolute atomic E-state index is 0.597. The van der Waals surface area contributed by atoms with Crippen molar-refractivity contribution in [1.82, 2.24) is 15.0 Å². The summed E-state index contributed by atoms with van der Waals surface area (Å²) >= 11 is 0. The summed E-state index contributed by atoms with van der Waals surface area (Å²) in [5.41, 5.74) is 0. The standard InChI is InChI=1S/C16H25N3O/c1-2-4-12(5-3-1)10-19(14-8-9-14)11-15-17-16(18-20-15)13-6-7-13/h12-14H,1-11H2. The second kappa shape index (κ2) is 5.47. The van der Waals surface area contributed by atoms with Crippen molar-refractivity contribution in [3.63, 3.8) is 0 Å². The van der Waals surface area contributed by atoms with Crippen LogP contribution in [-0.2, 0) is 6.54 Å². The van der Waals surface area contributed by atoms with Gasteiger partial charge < -0.3 is 4.52 Å². The van der Waals surface area contributed by atoms with Crippen molar-refractivity contribution < 1.29 is 4.52 Å². The maximum Gasteiger partial charge on any atom is 0.240 e. The molecule has 3 aliphatic rings. The van der Waals surface area contributed by atoms with Gasteiger partial charge in [-0.05, 0) is 44.4 Å². The van der Waals surface area contributed by atoms with Gasteiger partial charge >= 0.3 is 0 Å². The van der Waals surface area contributed by atoms with Crippen molar-refractivity contribution >= 4 is 0 Å². The number of rotatable bonds is 6. The van der Waals surface area contributed by atoms with Gasteiger partial charge in [-0.1, -0.05) is 24.4 Å². The predicted molar refractivity (Wildman–Crippen MR) is 76.3 cm³/mol. The molecule has 0 spiro atoms. The molecule has 20 heavy (non-hydrogen) atoms. The fraction of sp³-hybridized carbons (Fsp3) is 0.875. The Balaban J connectivity index is 1.37. The number of nitrogens with zero attached hydrogens (tertiary/aromatic N) is 3. The third-order valence-corrected chi connectivity index (χ3v) is 5.05. The Morgan fingerprint density at radius 1 is 1.00 bits per heavy atom. The molecule has 1 aromatic rings. The van der Waals surface area contributed by atoms with Crippen LogP contribution in [0.4, 0.5) is 0 Å². The average Bonchev–Trinajstić information content (AvgIpc) is 3.39. The maximum absolute atomic E-state index is 5.46. The number of aromatic nitrogens is 2. The van der Waals surface area contributed by atoms with Gasteiger partial charge in [0, 0.05) is 18.5 Å². The molecule has 0 unspecified atom stereocenters. The molecule has 3 saturated carbocycles. The van der Waals surface area contributed by atoms with Gasteiger partial charge in [0.05, 0.1) is 6.54 Å². The Morgan fingerprint density at radius 2 is 1.80 bits per heavy atom. The van der Waals surface area contributed by atoms with Crippen LogP contribution in [0.15, 0.2) is 4.52 Å². The third kappa shape index (κ3) is 3.05. The summed E-state index contributed by atoms with van der Waals surface area (Å²) in [4.78, 5) is 7.21. The van der Waals surface area contributed by atoms with E-state index in [9.17, 15) is 0 Å². The van der Waals surface area contributed by atoms with Crippen LogP contribution in [0.2, 0.25) is 0 Å². The minimum Gasteiger partial charge on any atom is -0.338 e. The minimum atomic E-state index is 0.597. The zero-order valence-electron chi connectivity index (χ0n) is 12.3. The van der Waals surface area contributed by atoms with E-state index in [0.717, 1.165) is 30.2 Å². The molecule has 4 nitrogen and oxygen atoms in total. The normalized spacial score (nSPS) is 24.4. The molecular formula is C16H25N3O. The molecule has 0 N–H and O–H groups in total. The first-order valence-electron chi connectivity index (χ1n) is 8.45. The molecule has 1 aromatic heterocycles. The molecule has 3 aliphatic carbocycles. The fourth-order valence-electron chi connectivity index (χ4n) is 3.50. The topological polar surface area (TPSA) is 42.2 Å². The average molecular weight is 275 g/mol. The molecule has 0 bridgehead atoms. The van der Waals surface area contributed by atoms with Crippen LogP contribution >= 0.6 is 0 Å². The molecule has 1 heterocycles. The van der Waals surface area contributed by atoms with E-state index >= 15 is 0 Å². The highest BCUT2D eigenvalue weighted by atomic mass is 16.5. The monoisotopic (exact) mass is 275 g/mol. The maximum atomic E-state index is 5.46. The summed E-state index contributed by atoms with van der Waals surface area (Å²) < 4.78 is 5.46. The van der Waals surface area contributed by atoms with Crippen molar-refractivity contribution in [3.05, 3.63) is 11.7 Å². The van der Waals surface area contributed by atoms with E-state index in [-0.39, 0.29) is 0 Å². The zero-order valence-corrected chi connectivity index (χ0v) is 12.3. The van der Waals surface area contributed by atoms with Gasteiger partial charge in [0.15, 0.2) is 5.82 Å². The fourth-order valence-corrected chi connectivity index (χ4v) is 3.50. The number of hydrogen-bond donors (Lipinski definition) is 0. The second-order valence-corrected chi connectivity index (χ2v) is 6.99. The molecule has 0 amide bonds. The van der Waals surface area contributed by atoms with Gasteiger partial charge in [-0.15, -0.1) is 0 Å². The SMILES string of the molecule is C1CCC(CN(Cc2nc(C3CC3)no2)C2CC2)CC1. The van der Waals surface area contributed by atoms with Crippen LogP contribution in [0.5, 0.6) is 0 Å². The molecule has 3 fully saturated rings. The van der Waals surface area contributed by atoms with Crippen LogP contribution in [-0.4, -0.2) is 27.6 Å². The van der Waals surface area contributed by atoms with E-state index in [2.05, 4.69) is 15.0 Å². The highest BCUT2D eigenvalue weighted by molar-refractivity contribution is 5.03. The Bertz CT molecular complexity index is 444. The highest BCUT2D eigenvalue weighted by Crippen LogP contribution is 2.38. The van der Waals surface area contributed by atoms with Gasteiger partial charge in [-0.3, -0.25) is 4.90 Å². The predicted octanol–water partition coefficient (Wildman–Crippen LogP) is 3.49. The van der Waals surface area contributed by atoms with E-state index in [1.54, 1.807) is 0 Å². The quantitative estimate of drug-likeness (QED) is 0.797. The van der Waals surface area contributed by atoms with E-state index in [1.807, 2.05) is 0 Å². The Morgan fingerprint density at radius 3 is 2.50 bits per heavy atom. The van der Waals surface area contributed by atoms with Crippen LogP contribution in [0.1, 0.15) is 75.4 Å². The molecule has 4 rings (SSSR count). The molecule has 0 atom stereocenters. The van der Waals surface area contributed by atoms with Gasteiger partial charge in [0.1, 0.15) is 0 Å². The largest absolute Gasteiger partial charge is 0.338 e. The lowest BCUT2D eigenvalue weighted by molar-refractivity contribution is 0.166. The van der Waals surface area contributed by atoms with E-state index in [1.165, 1.54) is 64.3 Å². The van der Waals surface area contributed by atoms with Crippen molar-refractivity contribution in [2.45, 2.75) is 76.3 Å². The smallest absolute Gasteiger partial charge is 0.240 e. The first kappa shape index (κ1) is 12.8. The summed E-state index contributed by atoms with van der Waals surface area (Å²) in [5.74, 6) is 3.29. The molecule has 110 valence electrons. The first-order chi connectivity index (χ1) is 9.88. The molecule has 0 aromatic carbocycles. The van der Waals surface area contributed by atoms with Gasteiger partial charge in [0.2, 0.25) is 5.89 Å². The summed E-state index contributed by atoms with van der Waals surface area (Å²) in [6.45, 7) is 2.12. The van der Waals surface area contributed by atoms with E-state index in [0.29, 0.717) is 5.92 Å². The Hall–Kier alpha value is -0.900.